The summed E-state index contributed by atoms with van der Waals surface area (Å²) in [5.41, 5.74) is 0. The second-order valence-electron chi connectivity index (χ2n) is 6.01. The summed E-state index contributed by atoms with van der Waals surface area (Å²) in [5.74, 6) is 1.68. The van der Waals surface area contributed by atoms with Gasteiger partial charge in [-0.1, -0.05) is 19.3 Å². The standard InChI is InChI=1S/C16H34N4O.HI/c1-5-21-12-11-18-16(17-2)19-13-15(20(3)4)14-9-7-6-8-10-14;/h14-15H,5-13H2,1-4H3,(H2,17,18,19);1H. The summed E-state index contributed by atoms with van der Waals surface area (Å²) < 4.78 is 5.33. The zero-order valence-electron chi connectivity index (χ0n) is 14.7. The van der Waals surface area contributed by atoms with Crippen molar-refractivity contribution < 1.29 is 4.74 Å². The van der Waals surface area contributed by atoms with Crippen LogP contribution in [0.2, 0.25) is 0 Å². The van der Waals surface area contributed by atoms with Crippen LogP contribution in [0.4, 0.5) is 0 Å². The molecule has 0 bridgehead atoms. The molecule has 0 aliphatic heterocycles. The first-order chi connectivity index (χ1) is 10.2. The van der Waals surface area contributed by atoms with E-state index in [2.05, 4.69) is 34.6 Å². The van der Waals surface area contributed by atoms with Crippen LogP contribution in [-0.2, 0) is 4.74 Å². The fourth-order valence-electron chi connectivity index (χ4n) is 3.10. The highest BCUT2D eigenvalue weighted by Crippen LogP contribution is 2.27. The fourth-order valence-corrected chi connectivity index (χ4v) is 3.10. The molecule has 1 rings (SSSR count). The van der Waals surface area contributed by atoms with E-state index in [1.807, 2.05) is 14.0 Å². The predicted octanol–water partition coefficient (Wildman–Crippen LogP) is 2.32. The number of ether oxygens (including phenoxy) is 1. The molecule has 0 aromatic carbocycles. The number of nitrogens with zero attached hydrogens (tertiary/aromatic N) is 2. The van der Waals surface area contributed by atoms with Gasteiger partial charge in [-0.2, -0.15) is 0 Å². The van der Waals surface area contributed by atoms with Crippen molar-refractivity contribution in [1.82, 2.24) is 15.5 Å². The van der Waals surface area contributed by atoms with Crippen molar-refractivity contribution in [2.45, 2.75) is 45.1 Å². The molecule has 22 heavy (non-hydrogen) atoms. The molecule has 6 heteroatoms. The number of likely N-dealkylation sites (N-methyl/N-ethyl adjacent to an activating group) is 1. The van der Waals surface area contributed by atoms with E-state index < -0.39 is 0 Å². The second kappa shape index (κ2) is 13.4. The number of aliphatic imine (C=N–C) groups is 1. The largest absolute Gasteiger partial charge is 0.380 e. The Kier molecular flexibility index (Phi) is 13.3. The monoisotopic (exact) mass is 426 g/mol. The first-order valence-corrected chi connectivity index (χ1v) is 8.37. The molecule has 1 aliphatic carbocycles. The van der Waals surface area contributed by atoms with Crippen LogP contribution < -0.4 is 10.6 Å². The fraction of sp³-hybridized carbons (Fsp3) is 0.938. The van der Waals surface area contributed by atoms with E-state index in [9.17, 15) is 0 Å². The van der Waals surface area contributed by atoms with Gasteiger partial charge >= 0.3 is 0 Å². The third-order valence-corrected chi connectivity index (χ3v) is 4.30. The lowest BCUT2D eigenvalue weighted by atomic mass is 9.83. The Bertz CT molecular complexity index is 294. The zero-order valence-corrected chi connectivity index (χ0v) is 17.1. The van der Waals surface area contributed by atoms with Crippen LogP contribution in [0.1, 0.15) is 39.0 Å². The van der Waals surface area contributed by atoms with Gasteiger partial charge in [-0.15, -0.1) is 24.0 Å². The minimum absolute atomic E-state index is 0. The van der Waals surface area contributed by atoms with E-state index in [1.54, 1.807) is 0 Å². The molecule has 2 N–H and O–H groups in total. The van der Waals surface area contributed by atoms with Gasteiger partial charge in [0.15, 0.2) is 5.96 Å². The van der Waals surface area contributed by atoms with Crippen LogP contribution >= 0.6 is 24.0 Å². The van der Waals surface area contributed by atoms with E-state index in [0.717, 1.165) is 38.2 Å². The molecule has 1 fully saturated rings. The zero-order chi connectivity index (χ0) is 15.5. The number of nitrogens with one attached hydrogen (secondary N) is 2. The highest BCUT2D eigenvalue weighted by atomic mass is 127. The minimum atomic E-state index is 0. The Morgan fingerprint density at radius 3 is 2.45 bits per heavy atom. The summed E-state index contributed by atoms with van der Waals surface area (Å²) in [6, 6.07) is 0.579. The van der Waals surface area contributed by atoms with Gasteiger partial charge in [-0.3, -0.25) is 4.99 Å². The van der Waals surface area contributed by atoms with Crippen molar-refractivity contribution in [3.05, 3.63) is 0 Å². The van der Waals surface area contributed by atoms with Crippen molar-refractivity contribution in [2.75, 3.05) is 47.4 Å². The van der Waals surface area contributed by atoms with E-state index in [-0.39, 0.29) is 24.0 Å². The lowest BCUT2D eigenvalue weighted by Gasteiger charge is -2.35. The summed E-state index contributed by atoms with van der Waals surface area (Å²) in [7, 11) is 6.19. The Morgan fingerprint density at radius 1 is 1.23 bits per heavy atom. The third-order valence-electron chi connectivity index (χ3n) is 4.30. The topological polar surface area (TPSA) is 48.9 Å². The maximum absolute atomic E-state index is 5.33. The Hall–Kier alpha value is -0.0800. The van der Waals surface area contributed by atoms with Gasteiger partial charge in [-0.25, -0.2) is 0 Å². The van der Waals surface area contributed by atoms with E-state index >= 15 is 0 Å². The summed E-state index contributed by atoms with van der Waals surface area (Å²) >= 11 is 0. The Balaban J connectivity index is 0.00000441. The van der Waals surface area contributed by atoms with Gasteiger partial charge in [0.1, 0.15) is 0 Å². The SMILES string of the molecule is CCOCCNC(=NC)NCC(C1CCCCC1)N(C)C.I. The molecule has 1 atom stereocenters. The van der Waals surface area contributed by atoms with Crippen molar-refractivity contribution in [2.24, 2.45) is 10.9 Å². The maximum atomic E-state index is 5.33. The average molecular weight is 426 g/mol. The van der Waals surface area contributed by atoms with Crippen LogP contribution in [0.3, 0.4) is 0 Å². The molecule has 0 amide bonds. The van der Waals surface area contributed by atoms with Gasteiger partial charge < -0.3 is 20.3 Å². The molecule has 1 unspecified atom stereocenters. The number of hydrogen-bond acceptors (Lipinski definition) is 3. The van der Waals surface area contributed by atoms with Crippen LogP contribution in [-0.4, -0.2) is 64.3 Å². The lowest BCUT2D eigenvalue weighted by molar-refractivity contribution is 0.152. The number of halogens is 1. The molecule has 5 nitrogen and oxygen atoms in total. The molecular weight excluding hydrogens is 391 g/mol. The van der Waals surface area contributed by atoms with E-state index in [0.29, 0.717) is 6.04 Å². The Morgan fingerprint density at radius 2 is 1.91 bits per heavy atom. The second-order valence-corrected chi connectivity index (χ2v) is 6.01. The molecule has 0 aromatic heterocycles. The highest BCUT2D eigenvalue weighted by Gasteiger charge is 2.25. The van der Waals surface area contributed by atoms with Gasteiger partial charge in [0.25, 0.3) is 0 Å². The van der Waals surface area contributed by atoms with Crippen molar-refractivity contribution >= 4 is 29.9 Å². The average Bonchev–Trinajstić information content (AvgIpc) is 2.50. The summed E-state index contributed by atoms with van der Waals surface area (Å²) in [5, 5.41) is 6.76. The van der Waals surface area contributed by atoms with Gasteiger partial charge in [0.05, 0.1) is 6.61 Å². The predicted molar refractivity (Wildman–Crippen MR) is 105 cm³/mol. The molecule has 132 valence electrons. The van der Waals surface area contributed by atoms with Crippen LogP contribution in [0.25, 0.3) is 0 Å². The molecule has 1 aliphatic rings. The van der Waals surface area contributed by atoms with Crippen LogP contribution in [0.15, 0.2) is 4.99 Å². The minimum Gasteiger partial charge on any atom is -0.380 e. The molecule has 1 saturated carbocycles. The molecule has 0 radical (unpaired) electrons. The normalized spacial score (nSPS) is 18.0. The number of hydrogen-bond donors (Lipinski definition) is 2. The van der Waals surface area contributed by atoms with Crippen molar-refractivity contribution in [1.29, 1.82) is 0 Å². The van der Waals surface area contributed by atoms with Gasteiger partial charge in [-0.05, 0) is 39.8 Å². The van der Waals surface area contributed by atoms with Crippen LogP contribution in [0.5, 0.6) is 0 Å². The molecule has 0 aromatic rings. The highest BCUT2D eigenvalue weighted by molar-refractivity contribution is 14.0. The Labute approximate surface area is 153 Å². The molecule has 0 spiro atoms. The quantitative estimate of drug-likeness (QED) is 0.271. The smallest absolute Gasteiger partial charge is 0.191 e. The third kappa shape index (κ3) is 8.53. The number of guanidine groups is 1. The lowest BCUT2D eigenvalue weighted by Crippen LogP contribution is -2.48. The first kappa shape index (κ1) is 21.9. The maximum Gasteiger partial charge on any atom is 0.191 e. The summed E-state index contributed by atoms with van der Waals surface area (Å²) in [6.45, 7) is 5.24. The summed E-state index contributed by atoms with van der Waals surface area (Å²) in [6.07, 6.45) is 6.90. The van der Waals surface area contributed by atoms with Crippen LogP contribution in [0, 0.1) is 5.92 Å². The van der Waals surface area contributed by atoms with Crippen molar-refractivity contribution in [3.8, 4) is 0 Å². The van der Waals surface area contributed by atoms with Crippen molar-refractivity contribution in [3.63, 3.8) is 0 Å². The van der Waals surface area contributed by atoms with Gasteiger partial charge in [0.2, 0.25) is 0 Å². The molecule has 0 heterocycles. The molecule has 0 saturated heterocycles. The van der Waals surface area contributed by atoms with E-state index in [4.69, 9.17) is 4.74 Å². The molecular formula is C16H35IN4O. The number of rotatable bonds is 8. The van der Waals surface area contributed by atoms with Gasteiger partial charge in [0, 0.05) is 32.8 Å². The van der Waals surface area contributed by atoms with E-state index in [1.165, 1.54) is 32.1 Å². The first-order valence-electron chi connectivity index (χ1n) is 8.37. The summed E-state index contributed by atoms with van der Waals surface area (Å²) in [4.78, 5) is 6.64.